The van der Waals surface area contributed by atoms with Gasteiger partial charge in [-0.2, -0.15) is 0 Å². The molecule has 1 amide bonds. The first kappa shape index (κ1) is 14.5. The third kappa shape index (κ3) is 4.30. The van der Waals surface area contributed by atoms with Crippen molar-refractivity contribution in [3.05, 3.63) is 0 Å². The fourth-order valence-corrected chi connectivity index (χ4v) is 2.24. The van der Waals surface area contributed by atoms with Crippen molar-refractivity contribution >= 4 is 5.91 Å². The van der Waals surface area contributed by atoms with Crippen LogP contribution in [0, 0.1) is 11.8 Å². The van der Waals surface area contributed by atoms with Crippen molar-refractivity contribution in [2.24, 2.45) is 17.6 Å². The predicted molar refractivity (Wildman–Crippen MR) is 71.6 cm³/mol. The van der Waals surface area contributed by atoms with E-state index in [1.54, 1.807) is 0 Å². The van der Waals surface area contributed by atoms with E-state index in [4.69, 9.17) is 5.73 Å². The van der Waals surface area contributed by atoms with Crippen LogP contribution in [0.3, 0.4) is 0 Å². The summed E-state index contributed by atoms with van der Waals surface area (Å²) >= 11 is 0. The lowest BCUT2D eigenvalue weighted by Gasteiger charge is -2.35. The molecule has 1 fully saturated rings. The highest BCUT2D eigenvalue weighted by molar-refractivity contribution is 5.79. The Bertz CT molecular complexity index is 236. The molecule has 17 heavy (non-hydrogen) atoms. The fraction of sp³-hybridized carbons (Fsp3) is 0.929. The van der Waals surface area contributed by atoms with E-state index in [0.717, 1.165) is 6.42 Å². The molecule has 0 aromatic carbocycles. The van der Waals surface area contributed by atoms with Gasteiger partial charge in [0.25, 0.3) is 0 Å². The molecule has 0 radical (unpaired) electrons. The molecule has 0 spiro atoms. The van der Waals surface area contributed by atoms with Gasteiger partial charge in [-0.1, -0.05) is 33.1 Å². The van der Waals surface area contributed by atoms with Crippen molar-refractivity contribution in [1.82, 2.24) is 5.32 Å². The number of nitrogens with one attached hydrogen (secondary N) is 1. The van der Waals surface area contributed by atoms with Crippen LogP contribution < -0.4 is 11.1 Å². The van der Waals surface area contributed by atoms with E-state index in [1.807, 2.05) is 13.8 Å². The van der Waals surface area contributed by atoms with Gasteiger partial charge >= 0.3 is 0 Å². The summed E-state index contributed by atoms with van der Waals surface area (Å²) in [4.78, 5) is 12.0. The van der Waals surface area contributed by atoms with E-state index in [-0.39, 0.29) is 17.9 Å². The minimum atomic E-state index is -0.0841. The Balaban J connectivity index is 2.44. The monoisotopic (exact) mass is 240 g/mol. The maximum absolute atomic E-state index is 12.0. The summed E-state index contributed by atoms with van der Waals surface area (Å²) in [6.07, 6.45) is 7.41. The molecule has 1 aliphatic carbocycles. The highest BCUT2D eigenvalue weighted by Gasteiger charge is 2.29. The van der Waals surface area contributed by atoms with Crippen LogP contribution in [0.25, 0.3) is 0 Å². The molecule has 3 N–H and O–H groups in total. The first-order valence-corrected chi connectivity index (χ1v) is 7.12. The second kappa shape index (κ2) is 7.00. The number of hydrogen-bond acceptors (Lipinski definition) is 2. The van der Waals surface area contributed by atoms with Crippen molar-refractivity contribution in [3.8, 4) is 0 Å². The number of carbonyl (C=O) groups is 1. The Morgan fingerprint density at radius 1 is 1.41 bits per heavy atom. The Hall–Kier alpha value is -0.570. The molecule has 3 heteroatoms. The summed E-state index contributed by atoms with van der Waals surface area (Å²) in [6, 6.07) is 0.320. The van der Waals surface area contributed by atoms with Crippen LogP contribution in [0.5, 0.6) is 0 Å². The molecule has 1 aliphatic rings. The van der Waals surface area contributed by atoms with Gasteiger partial charge in [0.15, 0.2) is 0 Å². The average molecular weight is 240 g/mol. The van der Waals surface area contributed by atoms with E-state index in [2.05, 4.69) is 12.2 Å². The van der Waals surface area contributed by atoms with Crippen LogP contribution in [0.1, 0.15) is 59.3 Å². The second-order valence-electron chi connectivity index (χ2n) is 5.60. The maximum Gasteiger partial charge on any atom is 0.224 e. The number of carbonyl (C=O) groups excluding carboxylic acids is 1. The minimum Gasteiger partial charge on any atom is -0.353 e. The summed E-state index contributed by atoms with van der Waals surface area (Å²) < 4.78 is 0. The lowest BCUT2D eigenvalue weighted by molar-refractivity contribution is -0.126. The zero-order chi connectivity index (χ0) is 12.8. The minimum absolute atomic E-state index is 0.0665. The van der Waals surface area contributed by atoms with Crippen molar-refractivity contribution in [2.45, 2.75) is 71.4 Å². The molecular formula is C14H28N2O. The quantitative estimate of drug-likeness (QED) is 0.718. The highest BCUT2D eigenvalue weighted by Crippen LogP contribution is 2.31. The lowest BCUT2D eigenvalue weighted by atomic mass is 9.78. The lowest BCUT2D eigenvalue weighted by Crippen LogP contribution is -2.47. The smallest absolute Gasteiger partial charge is 0.224 e. The topological polar surface area (TPSA) is 55.1 Å². The largest absolute Gasteiger partial charge is 0.353 e. The van der Waals surface area contributed by atoms with Gasteiger partial charge < -0.3 is 11.1 Å². The van der Waals surface area contributed by atoms with Crippen LogP contribution >= 0.6 is 0 Å². The summed E-state index contributed by atoms with van der Waals surface area (Å²) in [5, 5.41) is 3.22. The molecule has 0 aromatic heterocycles. The molecule has 1 saturated carbocycles. The number of rotatable bonds is 7. The fourth-order valence-electron chi connectivity index (χ4n) is 2.24. The van der Waals surface area contributed by atoms with E-state index >= 15 is 0 Å². The average Bonchev–Trinajstić information content (AvgIpc) is 2.21. The van der Waals surface area contributed by atoms with Crippen LogP contribution in [-0.2, 0) is 4.79 Å². The highest BCUT2D eigenvalue weighted by atomic mass is 16.2. The SMILES string of the molecule is CCCCC(NC(=O)C(C)C(C)N)C1CCC1. The van der Waals surface area contributed by atoms with Gasteiger partial charge in [-0.25, -0.2) is 0 Å². The Kier molecular flexibility index (Phi) is 5.96. The molecule has 0 aromatic rings. The van der Waals surface area contributed by atoms with Crippen molar-refractivity contribution < 1.29 is 4.79 Å². The van der Waals surface area contributed by atoms with Crippen LogP contribution in [0.2, 0.25) is 0 Å². The molecule has 0 heterocycles. The summed E-state index contributed by atoms with van der Waals surface area (Å²) in [6.45, 7) is 6.01. The van der Waals surface area contributed by atoms with E-state index < -0.39 is 0 Å². The zero-order valence-corrected chi connectivity index (χ0v) is 11.5. The van der Waals surface area contributed by atoms with E-state index in [0.29, 0.717) is 12.0 Å². The van der Waals surface area contributed by atoms with Crippen molar-refractivity contribution in [2.75, 3.05) is 0 Å². The molecule has 0 bridgehead atoms. The van der Waals surface area contributed by atoms with Crippen molar-refractivity contribution in [3.63, 3.8) is 0 Å². The molecule has 0 aliphatic heterocycles. The number of nitrogens with two attached hydrogens (primary N) is 1. The van der Waals surface area contributed by atoms with Crippen molar-refractivity contribution in [1.29, 1.82) is 0 Å². The molecule has 3 atom stereocenters. The van der Waals surface area contributed by atoms with Gasteiger partial charge in [0.1, 0.15) is 0 Å². The molecular weight excluding hydrogens is 212 g/mol. The predicted octanol–water partition coefficient (Wildman–Crippen LogP) is 2.44. The zero-order valence-electron chi connectivity index (χ0n) is 11.5. The number of amides is 1. The number of hydrogen-bond donors (Lipinski definition) is 2. The van der Waals surface area contributed by atoms with E-state index in [9.17, 15) is 4.79 Å². The Morgan fingerprint density at radius 3 is 2.47 bits per heavy atom. The molecule has 100 valence electrons. The van der Waals surface area contributed by atoms with Gasteiger partial charge in [0, 0.05) is 18.0 Å². The molecule has 1 rings (SSSR count). The first-order valence-electron chi connectivity index (χ1n) is 7.12. The Morgan fingerprint density at radius 2 is 2.06 bits per heavy atom. The standard InChI is InChI=1S/C14H28N2O/c1-4-5-9-13(12-7-6-8-12)16-14(17)10(2)11(3)15/h10-13H,4-9,15H2,1-3H3,(H,16,17). The van der Waals surface area contributed by atoms with Gasteiger partial charge in [0.2, 0.25) is 5.91 Å². The van der Waals surface area contributed by atoms with Crippen LogP contribution in [0.4, 0.5) is 0 Å². The van der Waals surface area contributed by atoms with Gasteiger partial charge in [-0.15, -0.1) is 0 Å². The normalized spacial score (nSPS) is 21.4. The third-order valence-electron chi connectivity index (χ3n) is 4.12. The summed E-state index contributed by atoms with van der Waals surface area (Å²) in [5.74, 6) is 0.762. The van der Waals surface area contributed by atoms with Gasteiger partial charge in [0.05, 0.1) is 0 Å². The third-order valence-corrected chi connectivity index (χ3v) is 4.12. The van der Waals surface area contributed by atoms with Gasteiger partial charge in [-0.3, -0.25) is 4.79 Å². The summed E-state index contributed by atoms with van der Waals surface area (Å²) in [7, 11) is 0. The van der Waals surface area contributed by atoms with Crippen LogP contribution in [-0.4, -0.2) is 18.0 Å². The molecule has 3 nitrogen and oxygen atoms in total. The number of unbranched alkanes of at least 4 members (excludes halogenated alkanes) is 1. The van der Waals surface area contributed by atoms with Gasteiger partial charge in [-0.05, 0) is 32.1 Å². The summed E-state index contributed by atoms with van der Waals surface area (Å²) in [5.41, 5.74) is 5.77. The molecule has 3 unspecified atom stereocenters. The van der Waals surface area contributed by atoms with Crippen LogP contribution in [0.15, 0.2) is 0 Å². The van der Waals surface area contributed by atoms with E-state index in [1.165, 1.54) is 32.1 Å². The second-order valence-corrected chi connectivity index (χ2v) is 5.60. The Labute approximate surface area is 106 Å². The first-order chi connectivity index (χ1) is 8.06. The molecule has 0 saturated heterocycles. The maximum atomic E-state index is 12.0.